The minimum atomic E-state index is -0.492. The van der Waals surface area contributed by atoms with E-state index in [-0.39, 0.29) is 24.0 Å². The number of hydrogen-bond donors (Lipinski definition) is 1. The zero-order valence-corrected chi connectivity index (χ0v) is 18.3. The number of nitrogens with one attached hydrogen (secondary N) is 1. The molecule has 0 spiro atoms. The number of nitrogens with zero attached hydrogens (tertiary/aromatic N) is 4. The Balaban J connectivity index is 1.61. The number of hydrogen-bond acceptors (Lipinski definition) is 7. The third-order valence-corrected chi connectivity index (χ3v) is 5.47. The molecule has 0 atom stereocenters. The van der Waals surface area contributed by atoms with E-state index in [1.807, 2.05) is 42.7 Å². The van der Waals surface area contributed by atoms with E-state index in [0.29, 0.717) is 23.2 Å². The lowest BCUT2D eigenvalue weighted by atomic mass is 10.2. The number of carbonyl (C=O) groups excluding carboxylic acids is 1. The first-order valence-electron chi connectivity index (χ1n) is 9.66. The number of thioether (sulfide) groups is 1. The van der Waals surface area contributed by atoms with Gasteiger partial charge >= 0.3 is 0 Å². The van der Waals surface area contributed by atoms with Gasteiger partial charge in [-0.2, -0.15) is 0 Å². The van der Waals surface area contributed by atoms with E-state index in [0.717, 1.165) is 16.9 Å². The molecular formula is C21H23N5O4S. The number of amides is 1. The van der Waals surface area contributed by atoms with Crippen LogP contribution in [0.2, 0.25) is 0 Å². The second-order valence-corrected chi connectivity index (χ2v) is 7.78. The van der Waals surface area contributed by atoms with Crippen molar-refractivity contribution in [3.8, 4) is 5.75 Å². The van der Waals surface area contributed by atoms with E-state index >= 15 is 0 Å². The van der Waals surface area contributed by atoms with Gasteiger partial charge in [0, 0.05) is 18.7 Å². The van der Waals surface area contributed by atoms with Gasteiger partial charge in [0.1, 0.15) is 12.4 Å². The maximum absolute atomic E-state index is 12.4. The summed E-state index contributed by atoms with van der Waals surface area (Å²) >= 11 is 1.25. The molecule has 0 unspecified atom stereocenters. The van der Waals surface area contributed by atoms with Gasteiger partial charge in [0.2, 0.25) is 5.91 Å². The minimum Gasteiger partial charge on any atom is -0.486 e. The molecule has 0 aliphatic rings. The van der Waals surface area contributed by atoms with Gasteiger partial charge in [-0.15, -0.1) is 10.2 Å². The minimum absolute atomic E-state index is 0.0717. The summed E-state index contributed by atoms with van der Waals surface area (Å²) in [6.45, 7) is 6.64. The van der Waals surface area contributed by atoms with Crippen molar-refractivity contribution in [2.45, 2.75) is 39.1 Å². The van der Waals surface area contributed by atoms with Crippen LogP contribution in [0.15, 0.2) is 47.6 Å². The summed E-state index contributed by atoms with van der Waals surface area (Å²) in [4.78, 5) is 22.8. The number of carbonyl (C=O) groups is 1. The van der Waals surface area contributed by atoms with Crippen LogP contribution in [0.1, 0.15) is 23.9 Å². The van der Waals surface area contributed by atoms with E-state index in [2.05, 4.69) is 15.5 Å². The summed E-state index contributed by atoms with van der Waals surface area (Å²) in [7, 11) is 0. The molecule has 1 amide bonds. The van der Waals surface area contributed by atoms with Gasteiger partial charge in [-0.3, -0.25) is 14.9 Å². The third-order valence-electron chi connectivity index (χ3n) is 4.51. The van der Waals surface area contributed by atoms with Crippen LogP contribution in [0, 0.1) is 24.0 Å². The fraction of sp³-hybridized carbons (Fsp3) is 0.286. The second-order valence-electron chi connectivity index (χ2n) is 6.84. The fourth-order valence-corrected chi connectivity index (χ4v) is 3.70. The molecule has 0 fully saturated rings. The third kappa shape index (κ3) is 5.82. The summed E-state index contributed by atoms with van der Waals surface area (Å²) in [6, 6.07) is 12.1. The molecule has 1 N–H and O–H groups in total. The smallest absolute Gasteiger partial charge is 0.271 e. The van der Waals surface area contributed by atoms with Crippen molar-refractivity contribution in [2.24, 2.45) is 0 Å². The van der Waals surface area contributed by atoms with Crippen molar-refractivity contribution in [1.29, 1.82) is 0 Å². The molecule has 1 aromatic heterocycles. The summed E-state index contributed by atoms with van der Waals surface area (Å²) in [5.41, 5.74) is 2.20. The largest absolute Gasteiger partial charge is 0.486 e. The average Bonchev–Trinajstić information content (AvgIpc) is 3.14. The molecule has 31 heavy (non-hydrogen) atoms. The van der Waals surface area contributed by atoms with Gasteiger partial charge in [0.05, 0.1) is 16.4 Å². The van der Waals surface area contributed by atoms with Crippen molar-refractivity contribution in [1.82, 2.24) is 14.8 Å². The molecule has 10 heteroatoms. The molecule has 1 heterocycles. The van der Waals surface area contributed by atoms with Crippen LogP contribution in [0.5, 0.6) is 5.75 Å². The Morgan fingerprint density at radius 1 is 1.23 bits per heavy atom. The Kier molecular flexibility index (Phi) is 7.24. The van der Waals surface area contributed by atoms with Gasteiger partial charge in [0.15, 0.2) is 11.0 Å². The first-order valence-corrected chi connectivity index (χ1v) is 10.6. The Bertz CT molecular complexity index is 1100. The van der Waals surface area contributed by atoms with Crippen LogP contribution in [-0.4, -0.2) is 31.3 Å². The number of ether oxygens (including phenoxy) is 1. The SMILES string of the molecule is CCn1c(COc2cccc(C)c2)nnc1SCC(=O)Nc1cc([N+](=O)[O-])ccc1C. The van der Waals surface area contributed by atoms with Gasteiger partial charge in [-0.25, -0.2) is 0 Å². The molecule has 3 rings (SSSR count). The van der Waals surface area contributed by atoms with Crippen molar-refractivity contribution in [2.75, 3.05) is 11.1 Å². The molecule has 0 saturated carbocycles. The van der Waals surface area contributed by atoms with Crippen LogP contribution in [-0.2, 0) is 17.9 Å². The Morgan fingerprint density at radius 2 is 2.03 bits per heavy atom. The van der Waals surface area contributed by atoms with Gasteiger partial charge in [0.25, 0.3) is 5.69 Å². The first-order chi connectivity index (χ1) is 14.9. The monoisotopic (exact) mass is 441 g/mol. The normalized spacial score (nSPS) is 10.7. The lowest BCUT2D eigenvalue weighted by molar-refractivity contribution is -0.384. The lowest BCUT2D eigenvalue weighted by Gasteiger charge is -2.10. The predicted octanol–water partition coefficient (Wildman–Crippen LogP) is 4.13. The topological polar surface area (TPSA) is 112 Å². The Hall–Kier alpha value is -3.40. The number of nitro groups is 1. The number of aromatic nitrogens is 3. The summed E-state index contributed by atoms with van der Waals surface area (Å²) in [5.74, 6) is 1.24. The standard InChI is InChI=1S/C21H23N5O4S/c1-4-25-19(12-30-17-7-5-6-14(2)10-17)23-24-21(25)31-13-20(27)22-18-11-16(26(28)29)9-8-15(18)3/h5-11H,4,12-13H2,1-3H3,(H,22,27). The molecule has 0 radical (unpaired) electrons. The first kappa shape index (κ1) is 22.3. The molecule has 3 aromatic rings. The molecule has 0 aliphatic heterocycles. The highest BCUT2D eigenvalue weighted by Crippen LogP contribution is 2.23. The highest BCUT2D eigenvalue weighted by Gasteiger charge is 2.15. The molecule has 0 aliphatic carbocycles. The van der Waals surface area contributed by atoms with E-state index in [9.17, 15) is 14.9 Å². The second kappa shape index (κ2) is 10.1. The number of benzene rings is 2. The molecule has 2 aromatic carbocycles. The number of rotatable bonds is 9. The zero-order valence-electron chi connectivity index (χ0n) is 17.5. The molecule has 9 nitrogen and oxygen atoms in total. The van der Waals surface area contributed by atoms with Crippen LogP contribution in [0.4, 0.5) is 11.4 Å². The molecular weight excluding hydrogens is 418 g/mol. The van der Waals surface area contributed by atoms with E-state index in [4.69, 9.17) is 4.74 Å². The zero-order chi connectivity index (χ0) is 22.4. The molecule has 0 saturated heterocycles. The molecule has 0 bridgehead atoms. The summed E-state index contributed by atoms with van der Waals surface area (Å²) in [5, 5.41) is 22.7. The van der Waals surface area contributed by atoms with Crippen LogP contribution in [0.25, 0.3) is 0 Å². The number of aryl methyl sites for hydroxylation is 2. The highest BCUT2D eigenvalue weighted by atomic mass is 32.2. The van der Waals surface area contributed by atoms with E-state index in [1.54, 1.807) is 13.0 Å². The summed E-state index contributed by atoms with van der Waals surface area (Å²) in [6.07, 6.45) is 0. The van der Waals surface area contributed by atoms with Gasteiger partial charge in [-0.1, -0.05) is 30.0 Å². The number of non-ortho nitro benzene ring substituents is 1. The fourth-order valence-electron chi connectivity index (χ4n) is 2.88. The van der Waals surface area contributed by atoms with Gasteiger partial charge < -0.3 is 14.6 Å². The van der Waals surface area contributed by atoms with Crippen molar-refractivity contribution in [3.05, 3.63) is 69.5 Å². The van der Waals surface area contributed by atoms with Crippen LogP contribution >= 0.6 is 11.8 Å². The van der Waals surface area contributed by atoms with Crippen molar-refractivity contribution in [3.63, 3.8) is 0 Å². The summed E-state index contributed by atoms with van der Waals surface area (Å²) < 4.78 is 7.71. The van der Waals surface area contributed by atoms with E-state index in [1.165, 1.54) is 23.9 Å². The van der Waals surface area contributed by atoms with Crippen molar-refractivity contribution >= 4 is 29.0 Å². The van der Waals surface area contributed by atoms with E-state index < -0.39 is 4.92 Å². The van der Waals surface area contributed by atoms with Crippen molar-refractivity contribution < 1.29 is 14.5 Å². The highest BCUT2D eigenvalue weighted by molar-refractivity contribution is 7.99. The maximum Gasteiger partial charge on any atom is 0.271 e. The quantitative estimate of drug-likeness (QED) is 0.302. The molecule has 162 valence electrons. The lowest BCUT2D eigenvalue weighted by Crippen LogP contribution is -2.15. The average molecular weight is 442 g/mol. The van der Waals surface area contributed by atoms with Crippen LogP contribution in [0.3, 0.4) is 0 Å². The number of anilines is 1. The predicted molar refractivity (Wildman–Crippen MR) is 118 cm³/mol. The maximum atomic E-state index is 12.4. The van der Waals surface area contributed by atoms with Gasteiger partial charge in [-0.05, 0) is 44.0 Å². The Labute approximate surface area is 184 Å². The van der Waals surface area contributed by atoms with Crippen LogP contribution < -0.4 is 10.1 Å². The Morgan fingerprint density at radius 3 is 2.74 bits per heavy atom. The number of nitro benzene ring substituents is 1.